The van der Waals surface area contributed by atoms with E-state index < -0.39 is 11.5 Å². The molecule has 0 aliphatic carbocycles. The first-order chi connectivity index (χ1) is 17.1. The third-order valence-corrected chi connectivity index (χ3v) is 6.26. The molecule has 5 rings (SSSR count). The van der Waals surface area contributed by atoms with Crippen molar-refractivity contribution >= 4 is 11.0 Å². The predicted molar refractivity (Wildman–Crippen MR) is 128 cm³/mol. The van der Waals surface area contributed by atoms with Crippen LogP contribution < -0.4 is 25.6 Å². The van der Waals surface area contributed by atoms with Crippen molar-refractivity contribution in [1.29, 1.82) is 5.26 Å². The standard InChI is InChI=1S/C26H25N3O6/c1-31-21-14-16(6-7-20(21)33-13-10-29-8-11-32-12-9-29)22-18(15-27)25(28)35-24-17-4-2-3-5-19(17)34-26(30)23(22)24/h2-7,14,22H,8-13,28H2,1H3/t22-/m1/s1. The molecule has 1 aromatic heterocycles. The van der Waals surface area contributed by atoms with Crippen LogP contribution in [0.15, 0.2) is 63.1 Å². The Morgan fingerprint density at radius 2 is 1.97 bits per heavy atom. The maximum absolute atomic E-state index is 13.1. The van der Waals surface area contributed by atoms with Crippen LogP contribution in [0.2, 0.25) is 0 Å². The molecule has 0 spiro atoms. The molecule has 180 valence electrons. The van der Waals surface area contributed by atoms with Crippen molar-refractivity contribution < 1.29 is 23.4 Å². The molecule has 1 fully saturated rings. The lowest BCUT2D eigenvalue weighted by molar-refractivity contribution is 0.0321. The number of fused-ring (bicyclic) bond motifs is 3. The number of rotatable bonds is 6. The van der Waals surface area contributed by atoms with Gasteiger partial charge in [-0.25, -0.2) is 4.79 Å². The summed E-state index contributed by atoms with van der Waals surface area (Å²) in [6.45, 7) is 4.47. The van der Waals surface area contributed by atoms with Gasteiger partial charge in [-0.1, -0.05) is 18.2 Å². The molecule has 1 atom stereocenters. The number of nitriles is 1. The Hall–Kier alpha value is -4.00. The first kappa shape index (κ1) is 22.8. The van der Waals surface area contributed by atoms with Crippen LogP contribution >= 0.6 is 0 Å². The van der Waals surface area contributed by atoms with Gasteiger partial charge >= 0.3 is 5.63 Å². The van der Waals surface area contributed by atoms with Gasteiger partial charge in [-0.05, 0) is 29.8 Å². The molecule has 35 heavy (non-hydrogen) atoms. The van der Waals surface area contributed by atoms with E-state index in [0.29, 0.717) is 40.4 Å². The molecule has 2 aromatic carbocycles. The Balaban J connectivity index is 1.50. The Kier molecular flexibility index (Phi) is 6.31. The highest BCUT2D eigenvalue weighted by Crippen LogP contribution is 2.45. The number of nitrogens with zero attached hydrogens (tertiary/aromatic N) is 2. The molecule has 0 saturated carbocycles. The number of benzene rings is 2. The van der Waals surface area contributed by atoms with Crippen molar-refractivity contribution in [3.8, 4) is 23.3 Å². The fourth-order valence-electron chi connectivity index (χ4n) is 4.49. The van der Waals surface area contributed by atoms with Crippen LogP contribution in [-0.2, 0) is 4.74 Å². The molecular formula is C26H25N3O6. The van der Waals surface area contributed by atoms with Crippen molar-refractivity contribution in [3.63, 3.8) is 0 Å². The Morgan fingerprint density at radius 1 is 1.17 bits per heavy atom. The summed E-state index contributed by atoms with van der Waals surface area (Å²) in [4.78, 5) is 15.3. The van der Waals surface area contributed by atoms with Gasteiger partial charge in [-0.2, -0.15) is 5.26 Å². The van der Waals surface area contributed by atoms with E-state index in [4.69, 9.17) is 29.1 Å². The zero-order chi connectivity index (χ0) is 24.4. The second-order valence-electron chi connectivity index (χ2n) is 8.27. The monoisotopic (exact) mass is 475 g/mol. The van der Waals surface area contributed by atoms with Crippen LogP contribution in [0, 0.1) is 11.3 Å². The van der Waals surface area contributed by atoms with Gasteiger partial charge in [0.1, 0.15) is 23.8 Å². The molecule has 9 heteroatoms. The summed E-state index contributed by atoms with van der Waals surface area (Å²) >= 11 is 0. The fraction of sp³-hybridized carbons (Fsp3) is 0.308. The molecule has 9 nitrogen and oxygen atoms in total. The second-order valence-corrected chi connectivity index (χ2v) is 8.27. The highest BCUT2D eigenvalue weighted by atomic mass is 16.5. The summed E-state index contributed by atoms with van der Waals surface area (Å²) in [5, 5.41) is 10.5. The van der Waals surface area contributed by atoms with E-state index in [1.807, 2.05) is 6.07 Å². The normalized spacial score (nSPS) is 18.0. The van der Waals surface area contributed by atoms with E-state index in [0.717, 1.165) is 32.8 Å². The molecule has 3 aromatic rings. The number of ether oxygens (including phenoxy) is 4. The smallest absolute Gasteiger partial charge is 0.344 e. The fourth-order valence-corrected chi connectivity index (χ4v) is 4.49. The number of nitrogens with two attached hydrogens (primary N) is 1. The first-order valence-corrected chi connectivity index (χ1v) is 11.3. The van der Waals surface area contributed by atoms with E-state index in [2.05, 4.69) is 11.0 Å². The van der Waals surface area contributed by atoms with E-state index >= 15 is 0 Å². The zero-order valence-electron chi connectivity index (χ0n) is 19.3. The molecule has 2 N–H and O–H groups in total. The number of allylic oxidation sites excluding steroid dienone is 1. The number of morpholine rings is 1. The Labute approximate surface area is 201 Å². The quantitative estimate of drug-likeness (QED) is 0.537. The summed E-state index contributed by atoms with van der Waals surface area (Å²) in [5.74, 6) is 0.519. The lowest BCUT2D eigenvalue weighted by Gasteiger charge is -2.27. The van der Waals surface area contributed by atoms with Crippen LogP contribution in [0.5, 0.6) is 17.2 Å². The number of methoxy groups -OCH3 is 1. The van der Waals surface area contributed by atoms with E-state index in [1.165, 1.54) is 0 Å². The van der Waals surface area contributed by atoms with Crippen LogP contribution in [0.4, 0.5) is 0 Å². The second kappa shape index (κ2) is 9.70. The van der Waals surface area contributed by atoms with Crippen molar-refractivity contribution in [1.82, 2.24) is 4.90 Å². The zero-order valence-corrected chi connectivity index (χ0v) is 19.3. The number of hydrogen-bond acceptors (Lipinski definition) is 9. The topological polar surface area (TPSA) is 120 Å². The highest BCUT2D eigenvalue weighted by Gasteiger charge is 2.36. The van der Waals surface area contributed by atoms with Crippen molar-refractivity contribution in [2.75, 3.05) is 46.6 Å². The minimum atomic E-state index is -0.777. The molecule has 2 aliphatic rings. The molecule has 0 radical (unpaired) electrons. The largest absolute Gasteiger partial charge is 0.493 e. The van der Waals surface area contributed by atoms with E-state index in [1.54, 1.807) is 43.5 Å². The molecule has 0 unspecified atom stereocenters. The lowest BCUT2D eigenvalue weighted by Crippen LogP contribution is -2.38. The first-order valence-electron chi connectivity index (χ1n) is 11.3. The third kappa shape index (κ3) is 4.30. The van der Waals surface area contributed by atoms with E-state index in [-0.39, 0.29) is 17.0 Å². The van der Waals surface area contributed by atoms with Crippen LogP contribution in [0.25, 0.3) is 11.0 Å². The number of para-hydroxylation sites is 1. The summed E-state index contributed by atoms with van der Waals surface area (Å²) in [5.41, 5.74) is 6.91. The molecule has 3 heterocycles. The van der Waals surface area contributed by atoms with E-state index in [9.17, 15) is 10.1 Å². The van der Waals surface area contributed by atoms with Crippen LogP contribution in [0.1, 0.15) is 17.0 Å². The van der Waals surface area contributed by atoms with Gasteiger partial charge < -0.3 is 29.1 Å². The lowest BCUT2D eigenvalue weighted by atomic mass is 9.83. The van der Waals surface area contributed by atoms with Crippen LogP contribution in [0.3, 0.4) is 0 Å². The predicted octanol–water partition coefficient (Wildman–Crippen LogP) is 2.73. The number of hydrogen-bond donors (Lipinski definition) is 1. The van der Waals surface area contributed by atoms with Gasteiger partial charge in [-0.15, -0.1) is 0 Å². The Bertz CT molecular complexity index is 1380. The summed E-state index contributed by atoms with van der Waals surface area (Å²) < 4.78 is 28.3. The minimum absolute atomic E-state index is 0.0504. The SMILES string of the molecule is COc1cc([C@@H]2C(C#N)=C(N)Oc3c2c(=O)oc2ccccc32)ccc1OCCN1CCOCC1. The molecule has 2 aliphatic heterocycles. The Morgan fingerprint density at radius 3 is 2.74 bits per heavy atom. The summed E-state index contributed by atoms with van der Waals surface area (Å²) in [7, 11) is 1.54. The van der Waals surface area contributed by atoms with Gasteiger partial charge in [-0.3, -0.25) is 4.90 Å². The minimum Gasteiger partial charge on any atom is -0.493 e. The van der Waals surface area contributed by atoms with Gasteiger partial charge in [0, 0.05) is 19.6 Å². The molecule has 0 amide bonds. The van der Waals surface area contributed by atoms with Gasteiger partial charge in [0.2, 0.25) is 5.88 Å². The highest BCUT2D eigenvalue weighted by molar-refractivity contribution is 5.86. The van der Waals surface area contributed by atoms with Crippen molar-refractivity contribution in [2.45, 2.75) is 5.92 Å². The molecule has 1 saturated heterocycles. The van der Waals surface area contributed by atoms with Gasteiger partial charge in [0.25, 0.3) is 0 Å². The van der Waals surface area contributed by atoms with Gasteiger partial charge in [0.05, 0.1) is 37.2 Å². The average Bonchev–Trinajstić information content (AvgIpc) is 2.89. The third-order valence-electron chi connectivity index (χ3n) is 6.26. The summed E-state index contributed by atoms with van der Waals surface area (Å²) in [6, 6.07) is 14.5. The van der Waals surface area contributed by atoms with Crippen molar-refractivity contribution in [2.24, 2.45) is 5.73 Å². The average molecular weight is 476 g/mol. The molecule has 0 bridgehead atoms. The summed E-state index contributed by atoms with van der Waals surface area (Å²) in [6.07, 6.45) is 0. The molecular weight excluding hydrogens is 450 g/mol. The van der Waals surface area contributed by atoms with Gasteiger partial charge in [0.15, 0.2) is 17.2 Å². The van der Waals surface area contributed by atoms with Crippen LogP contribution in [-0.4, -0.2) is 51.5 Å². The maximum Gasteiger partial charge on any atom is 0.344 e. The van der Waals surface area contributed by atoms with Crippen molar-refractivity contribution in [3.05, 3.63) is 75.5 Å². The maximum atomic E-state index is 13.1.